The smallest absolute Gasteiger partial charge is 0.277 e. The van der Waals surface area contributed by atoms with E-state index >= 15 is 0 Å². The van der Waals surface area contributed by atoms with Crippen LogP contribution < -0.4 is 4.74 Å². The van der Waals surface area contributed by atoms with Crippen LogP contribution in [0.5, 0.6) is 5.75 Å². The zero-order valence-corrected chi connectivity index (χ0v) is 14.8. The molecule has 0 atom stereocenters. The summed E-state index contributed by atoms with van der Waals surface area (Å²) in [6, 6.07) is 11.3. The van der Waals surface area contributed by atoms with Crippen LogP contribution in [0.4, 0.5) is 0 Å². The quantitative estimate of drug-likeness (QED) is 0.578. The van der Waals surface area contributed by atoms with Crippen LogP contribution in [0.25, 0.3) is 11.5 Å². The second kappa shape index (κ2) is 6.67. The Morgan fingerprint density at radius 2 is 2.00 bits per heavy atom. The van der Waals surface area contributed by atoms with Crippen molar-refractivity contribution in [3.8, 4) is 17.2 Å². The van der Waals surface area contributed by atoms with Gasteiger partial charge in [-0.2, -0.15) is 0 Å². The van der Waals surface area contributed by atoms with E-state index in [-0.39, 0.29) is 0 Å². The van der Waals surface area contributed by atoms with E-state index in [9.17, 15) is 0 Å². The molecule has 122 valence electrons. The van der Waals surface area contributed by atoms with Crippen LogP contribution in [0.3, 0.4) is 0 Å². The summed E-state index contributed by atoms with van der Waals surface area (Å²) in [5.41, 5.74) is 3.01. The highest BCUT2D eigenvalue weighted by Gasteiger charge is 2.16. The summed E-state index contributed by atoms with van der Waals surface area (Å²) >= 11 is 13.6. The Morgan fingerprint density at radius 1 is 1.08 bits per heavy atom. The molecule has 0 bridgehead atoms. The van der Waals surface area contributed by atoms with Crippen molar-refractivity contribution in [3.05, 3.63) is 57.6 Å². The van der Waals surface area contributed by atoms with E-state index in [0.717, 1.165) is 29.9 Å². The molecule has 0 spiro atoms. The zero-order valence-electron chi connectivity index (χ0n) is 12.5. The van der Waals surface area contributed by atoms with Crippen LogP contribution >= 0.6 is 35.0 Å². The average Bonchev–Trinajstić information content (AvgIpc) is 3.23. The number of rotatable bonds is 4. The summed E-state index contributed by atoms with van der Waals surface area (Å²) in [5.74, 6) is 2.05. The van der Waals surface area contributed by atoms with Crippen LogP contribution in [0.1, 0.15) is 11.1 Å². The molecule has 0 unspecified atom stereocenters. The lowest BCUT2D eigenvalue weighted by molar-refractivity contribution is 0.357. The van der Waals surface area contributed by atoms with Gasteiger partial charge in [-0.15, -0.1) is 10.2 Å². The molecular formula is C17H12Cl2N2O2S. The van der Waals surface area contributed by atoms with Gasteiger partial charge in [-0.05, 0) is 47.5 Å². The predicted octanol–water partition coefficient (Wildman–Crippen LogP) is 5.27. The normalized spacial score (nSPS) is 12.9. The summed E-state index contributed by atoms with van der Waals surface area (Å²) < 4.78 is 11.3. The van der Waals surface area contributed by atoms with Crippen LogP contribution in [-0.4, -0.2) is 16.8 Å². The van der Waals surface area contributed by atoms with Gasteiger partial charge >= 0.3 is 0 Å². The lowest BCUT2D eigenvalue weighted by Crippen LogP contribution is -1.85. The molecule has 1 aliphatic heterocycles. The van der Waals surface area contributed by atoms with E-state index < -0.39 is 0 Å². The molecule has 0 amide bonds. The average molecular weight is 379 g/mol. The molecule has 0 saturated carbocycles. The van der Waals surface area contributed by atoms with E-state index in [1.807, 2.05) is 24.3 Å². The fourth-order valence-corrected chi connectivity index (χ4v) is 3.71. The summed E-state index contributed by atoms with van der Waals surface area (Å²) in [5, 5.41) is 10.0. The highest BCUT2D eigenvalue weighted by molar-refractivity contribution is 7.98. The Bertz CT molecular complexity index is 898. The van der Waals surface area contributed by atoms with Crippen molar-refractivity contribution in [1.82, 2.24) is 10.2 Å². The van der Waals surface area contributed by atoms with Gasteiger partial charge in [-0.25, -0.2) is 0 Å². The first kappa shape index (κ1) is 15.8. The van der Waals surface area contributed by atoms with Gasteiger partial charge in [0.25, 0.3) is 5.22 Å². The monoisotopic (exact) mass is 378 g/mol. The lowest BCUT2D eigenvalue weighted by atomic mass is 10.1. The topological polar surface area (TPSA) is 48.2 Å². The Hall–Kier alpha value is -1.69. The van der Waals surface area contributed by atoms with Crippen molar-refractivity contribution >= 4 is 35.0 Å². The molecule has 0 N–H and O–H groups in total. The first-order valence-corrected chi connectivity index (χ1v) is 9.09. The van der Waals surface area contributed by atoms with Gasteiger partial charge in [-0.1, -0.05) is 35.0 Å². The molecule has 3 aromatic rings. The second-order valence-corrected chi connectivity index (χ2v) is 7.09. The molecule has 4 rings (SSSR count). The maximum Gasteiger partial charge on any atom is 0.277 e. The molecule has 7 heteroatoms. The van der Waals surface area contributed by atoms with Gasteiger partial charge in [0.05, 0.1) is 6.61 Å². The van der Waals surface area contributed by atoms with Crippen molar-refractivity contribution < 1.29 is 9.15 Å². The zero-order chi connectivity index (χ0) is 16.5. The van der Waals surface area contributed by atoms with E-state index in [1.54, 1.807) is 12.1 Å². The van der Waals surface area contributed by atoms with Crippen molar-refractivity contribution in [2.75, 3.05) is 6.61 Å². The predicted molar refractivity (Wildman–Crippen MR) is 95.0 cm³/mol. The molecule has 0 saturated heterocycles. The van der Waals surface area contributed by atoms with Gasteiger partial charge in [-0.3, -0.25) is 0 Å². The summed E-state index contributed by atoms with van der Waals surface area (Å²) in [4.78, 5) is 0. The Labute approximate surface area is 153 Å². The third-order valence-corrected chi connectivity index (χ3v) is 5.17. The van der Waals surface area contributed by atoms with E-state index in [0.29, 0.717) is 26.9 Å². The lowest BCUT2D eigenvalue weighted by Gasteiger charge is -2.02. The number of fused-ring (bicyclic) bond motifs is 1. The van der Waals surface area contributed by atoms with Gasteiger partial charge < -0.3 is 9.15 Å². The maximum atomic E-state index is 6.17. The number of nitrogens with zero attached hydrogens (tertiary/aromatic N) is 2. The Balaban J connectivity index is 1.50. The molecular weight excluding hydrogens is 367 g/mol. The SMILES string of the molecule is Clc1ccc(Cl)c(CSc2nnc(-c3ccc4c(c3)CCO4)o2)c1. The van der Waals surface area contributed by atoms with Crippen molar-refractivity contribution in [2.24, 2.45) is 0 Å². The summed E-state index contributed by atoms with van der Waals surface area (Å²) in [7, 11) is 0. The van der Waals surface area contributed by atoms with Gasteiger partial charge in [0, 0.05) is 27.8 Å². The van der Waals surface area contributed by atoms with Gasteiger partial charge in [0.2, 0.25) is 5.89 Å². The highest BCUT2D eigenvalue weighted by Crippen LogP contribution is 2.32. The van der Waals surface area contributed by atoms with Crippen LogP contribution in [-0.2, 0) is 12.2 Å². The van der Waals surface area contributed by atoms with Crippen molar-refractivity contribution in [3.63, 3.8) is 0 Å². The summed E-state index contributed by atoms with van der Waals surface area (Å²) in [6.45, 7) is 0.726. The number of ether oxygens (including phenoxy) is 1. The van der Waals surface area contributed by atoms with Gasteiger partial charge in [0.15, 0.2) is 0 Å². The molecule has 0 aliphatic carbocycles. The van der Waals surface area contributed by atoms with Gasteiger partial charge in [0.1, 0.15) is 5.75 Å². The fraction of sp³-hybridized carbons (Fsp3) is 0.176. The van der Waals surface area contributed by atoms with Crippen LogP contribution in [0, 0.1) is 0 Å². The Kier molecular flexibility index (Phi) is 4.39. The van der Waals surface area contributed by atoms with Crippen molar-refractivity contribution in [2.45, 2.75) is 17.4 Å². The Morgan fingerprint density at radius 3 is 2.92 bits per heavy atom. The molecule has 24 heavy (non-hydrogen) atoms. The molecule has 0 radical (unpaired) electrons. The fourth-order valence-electron chi connectivity index (χ4n) is 2.50. The molecule has 2 heterocycles. The second-order valence-electron chi connectivity index (χ2n) is 5.32. The summed E-state index contributed by atoms with van der Waals surface area (Å²) in [6.07, 6.45) is 0.909. The standard InChI is InChI=1S/C17H12Cl2N2O2S/c18-13-2-3-14(19)12(8-13)9-24-17-21-20-16(23-17)11-1-4-15-10(7-11)5-6-22-15/h1-4,7-8H,5-6,9H2. The third-order valence-electron chi connectivity index (χ3n) is 3.70. The van der Waals surface area contributed by atoms with Crippen LogP contribution in [0.2, 0.25) is 10.0 Å². The maximum absolute atomic E-state index is 6.17. The molecule has 0 fully saturated rings. The first-order chi connectivity index (χ1) is 11.7. The number of benzene rings is 2. The minimum atomic E-state index is 0.498. The number of thioether (sulfide) groups is 1. The molecule has 1 aromatic heterocycles. The van der Waals surface area contributed by atoms with E-state index in [2.05, 4.69) is 10.2 Å². The molecule has 1 aliphatic rings. The van der Waals surface area contributed by atoms with Crippen molar-refractivity contribution in [1.29, 1.82) is 0 Å². The molecule has 2 aromatic carbocycles. The highest BCUT2D eigenvalue weighted by atomic mass is 35.5. The minimum Gasteiger partial charge on any atom is -0.493 e. The number of halogens is 2. The number of aromatic nitrogens is 2. The van der Waals surface area contributed by atoms with Crippen LogP contribution in [0.15, 0.2) is 46.0 Å². The first-order valence-electron chi connectivity index (χ1n) is 7.35. The number of hydrogen-bond acceptors (Lipinski definition) is 5. The number of hydrogen-bond donors (Lipinski definition) is 0. The van der Waals surface area contributed by atoms with E-state index in [1.165, 1.54) is 17.3 Å². The van der Waals surface area contributed by atoms with E-state index in [4.69, 9.17) is 32.4 Å². The third kappa shape index (κ3) is 3.24. The largest absolute Gasteiger partial charge is 0.493 e. The minimum absolute atomic E-state index is 0.498. The molecule has 4 nitrogen and oxygen atoms in total.